The maximum atomic E-state index is 6.00. The van der Waals surface area contributed by atoms with E-state index in [0.29, 0.717) is 12.4 Å². The number of methoxy groups -OCH3 is 1. The van der Waals surface area contributed by atoms with Crippen molar-refractivity contribution >= 4 is 34.0 Å². The van der Waals surface area contributed by atoms with Crippen LogP contribution in [0.4, 0.5) is 0 Å². The first kappa shape index (κ1) is 12.4. The van der Waals surface area contributed by atoms with E-state index in [1.807, 2.05) is 29.1 Å². The fraction of sp³-hybridized carbons (Fsp3) is 0.231. The Morgan fingerprint density at radius 2 is 2.32 bits per heavy atom. The molecule has 6 heteroatoms. The summed E-state index contributed by atoms with van der Waals surface area (Å²) in [5.41, 5.74) is 4.70. The first-order chi connectivity index (χ1) is 9.33. The molecule has 0 bridgehead atoms. The highest BCUT2D eigenvalue weighted by Gasteiger charge is 2.14. The first-order valence-corrected chi connectivity index (χ1v) is 7.26. The summed E-state index contributed by atoms with van der Waals surface area (Å²) in [4.78, 5) is 8.88. The number of thiazole rings is 1. The van der Waals surface area contributed by atoms with Gasteiger partial charge in [0.2, 0.25) is 0 Å². The van der Waals surface area contributed by atoms with Crippen LogP contribution in [-0.2, 0) is 12.4 Å². The van der Waals surface area contributed by atoms with E-state index in [2.05, 4.69) is 14.5 Å². The molecule has 0 amide bonds. The van der Waals surface area contributed by atoms with Crippen LogP contribution in [0, 0.1) is 0 Å². The van der Waals surface area contributed by atoms with E-state index in [1.54, 1.807) is 18.4 Å². The van der Waals surface area contributed by atoms with Gasteiger partial charge < -0.3 is 9.30 Å². The van der Waals surface area contributed by atoms with Gasteiger partial charge in [-0.1, -0.05) is 6.07 Å². The molecule has 0 saturated carbocycles. The summed E-state index contributed by atoms with van der Waals surface area (Å²) in [6.07, 6.45) is 0. The Labute approximate surface area is 119 Å². The lowest BCUT2D eigenvalue weighted by Crippen LogP contribution is -2.03. The third-order valence-corrected chi connectivity index (χ3v) is 3.84. The van der Waals surface area contributed by atoms with Gasteiger partial charge >= 0.3 is 0 Å². The molecule has 0 aliphatic rings. The maximum absolute atomic E-state index is 6.00. The number of benzene rings is 1. The predicted octanol–water partition coefficient (Wildman–Crippen LogP) is 3.29. The number of rotatable bonds is 4. The van der Waals surface area contributed by atoms with E-state index in [9.17, 15) is 0 Å². The van der Waals surface area contributed by atoms with Gasteiger partial charge in [0, 0.05) is 5.38 Å². The zero-order chi connectivity index (χ0) is 13.2. The molecule has 0 radical (unpaired) electrons. The monoisotopic (exact) mass is 293 g/mol. The lowest BCUT2D eigenvalue weighted by molar-refractivity contribution is 0.419. The van der Waals surface area contributed by atoms with Gasteiger partial charge in [0.15, 0.2) is 0 Å². The van der Waals surface area contributed by atoms with Crippen molar-refractivity contribution in [2.45, 2.75) is 12.4 Å². The number of imidazole rings is 1. The Kier molecular flexibility index (Phi) is 3.40. The van der Waals surface area contributed by atoms with Gasteiger partial charge in [-0.25, -0.2) is 9.97 Å². The molecule has 0 aliphatic carbocycles. The summed E-state index contributed by atoms with van der Waals surface area (Å²) in [5.74, 6) is 1.96. The van der Waals surface area contributed by atoms with Crippen LogP contribution >= 0.6 is 22.9 Å². The van der Waals surface area contributed by atoms with Gasteiger partial charge in [-0.05, 0) is 12.1 Å². The van der Waals surface area contributed by atoms with Crippen LogP contribution in [-0.4, -0.2) is 21.6 Å². The minimum absolute atomic E-state index is 0.363. The molecule has 0 aliphatic heterocycles. The van der Waals surface area contributed by atoms with Crippen LogP contribution in [0.3, 0.4) is 0 Å². The van der Waals surface area contributed by atoms with Crippen molar-refractivity contribution in [3.8, 4) is 5.75 Å². The van der Waals surface area contributed by atoms with Crippen LogP contribution in [0.25, 0.3) is 11.0 Å². The molecule has 2 heterocycles. The topological polar surface area (TPSA) is 39.9 Å². The molecule has 4 nitrogen and oxygen atoms in total. The molecule has 2 aromatic heterocycles. The number of hydrogen-bond donors (Lipinski definition) is 0. The van der Waals surface area contributed by atoms with Gasteiger partial charge in [-0.3, -0.25) is 0 Å². The quantitative estimate of drug-likeness (QED) is 0.693. The second-order valence-corrected chi connectivity index (χ2v) is 5.04. The minimum Gasteiger partial charge on any atom is -0.494 e. The van der Waals surface area contributed by atoms with E-state index in [4.69, 9.17) is 16.3 Å². The van der Waals surface area contributed by atoms with E-state index >= 15 is 0 Å². The Balaban J connectivity index is 2.16. The summed E-state index contributed by atoms with van der Waals surface area (Å²) in [6.45, 7) is 0.676. The molecule has 0 saturated heterocycles. The van der Waals surface area contributed by atoms with Gasteiger partial charge in [-0.15, -0.1) is 22.9 Å². The highest BCUT2D eigenvalue weighted by atomic mass is 35.5. The molecule has 0 atom stereocenters. The Morgan fingerprint density at radius 3 is 3.00 bits per heavy atom. The minimum atomic E-state index is 0.363. The Hall–Kier alpha value is -1.59. The zero-order valence-corrected chi connectivity index (χ0v) is 11.9. The molecular formula is C13H12ClN3OS. The van der Waals surface area contributed by atoms with Gasteiger partial charge in [0.25, 0.3) is 0 Å². The predicted molar refractivity (Wildman–Crippen MR) is 77.1 cm³/mol. The number of ether oxygens (including phenoxy) is 1. The van der Waals surface area contributed by atoms with Gasteiger partial charge in [0.1, 0.15) is 17.1 Å². The van der Waals surface area contributed by atoms with Crippen molar-refractivity contribution in [2.24, 2.45) is 0 Å². The lowest BCUT2D eigenvalue weighted by atomic mass is 10.3. The molecular weight excluding hydrogens is 282 g/mol. The molecule has 3 rings (SSSR count). The normalized spacial score (nSPS) is 11.1. The molecule has 98 valence electrons. The van der Waals surface area contributed by atoms with Crippen molar-refractivity contribution in [3.63, 3.8) is 0 Å². The second-order valence-electron chi connectivity index (χ2n) is 4.06. The van der Waals surface area contributed by atoms with Crippen LogP contribution in [0.2, 0.25) is 0 Å². The third kappa shape index (κ3) is 2.19. The SMILES string of the molecule is COc1cccc2c1nc(CCl)n2Cc1cscn1. The van der Waals surface area contributed by atoms with Crippen molar-refractivity contribution in [3.05, 3.63) is 40.6 Å². The zero-order valence-electron chi connectivity index (χ0n) is 10.3. The smallest absolute Gasteiger partial charge is 0.146 e. The number of halogens is 1. The highest BCUT2D eigenvalue weighted by molar-refractivity contribution is 7.07. The first-order valence-electron chi connectivity index (χ1n) is 5.78. The van der Waals surface area contributed by atoms with Gasteiger partial charge in [-0.2, -0.15) is 0 Å². The van der Waals surface area contributed by atoms with E-state index in [-0.39, 0.29) is 0 Å². The summed E-state index contributed by atoms with van der Waals surface area (Å²) >= 11 is 7.58. The fourth-order valence-corrected chi connectivity index (χ4v) is 2.84. The van der Waals surface area contributed by atoms with Gasteiger partial charge in [0.05, 0.1) is 36.3 Å². The summed E-state index contributed by atoms with van der Waals surface area (Å²) in [7, 11) is 1.65. The number of fused-ring (bicyclic) bond motifs is 1. The van der Waals surface area contributed by atoms with Crippen LogP contribution in [0.1, 0.15) is 11.5 Å². The number of nitrogens with zero attached hydrogens (tertiary/aromatic N) is 3. The average molecular weight is 294 g/mol. The van der Waals surface area contributed by atoms with Crippen molar-refractivity contribution in [2.75, 3.05) is 7.11 Å². The second kappa shape index (κ2) is 5.19. The van der Waals surface area contributed by atoms with Crippen molar-refractivity contribution in [1.29, 1.82) is 0 Å². The number of para-hydroxylation sites is 1. The standard InChI is InChI=1S/C13H12ClN3OS/c1-18-11-4-2-3-10-13(11)16-12(5-14)17(10)6-9-7-19-8-15-9/h2-4,7-8H,5-6H2,1H3. The van der Waals surface area contributed by atoms with E-state index in [0.717, 1.165) is 28.3 Å². The summed E-state index contributed by atoms with van der Waals surface area (Å²) in [6, 6.07) is 5.88. The molecule has 0 fully saturated rings. The summed E-state index contributed by atoms with van der Waals surface area (Å²) < 4.78 is 7.43. The van der Waals surface area contributed by atoms with Crippen molar-refractivity contribution in [1.82, 2.24) is 14.5 Å². The molecule has 0 spiro atoms. The molecule has 3 aromatic rings. The third-order valence-electron chi connectivity index (χ3n) is 2.96. The molecule has 19 heavy (non-hydrogen) atoms. The molecule has 1 aromatic carbocycles. The Morgan fingerprint density at radius 1 is 1.42 bits per heavy atom. The number of aromatic nitrogens is 3. The Bertz CT molecular complexity index is 693. The lowest BCUT2D eigenvalue weighted by Gasteiger charge is -2.05. The van der Waals surface area contributed by atoms with Crippen LogP contribution in [0.15, 0.2) is 29.1 Å². The number of alkyl halides is 1. The largest absolute Gasteiger partial charge is 0.494 e. The summed E-state index contributed by atoms with van der Waals surface area (Å²) in [5, 5.41) is 2.03. The highest BCUT2D eigenvalue weighted by Crippen LogP contribution is 2.27. The van der Waals surface area contributed by atoms with Crippen LogP contribution < -0.4 is 4.74 Å². The number of hydrogen-bond acceptors (Lipinski definition) is 4. The van der Waals surface area contributed by atoms with E-state index in [1.165, 1.54) is 0 Å². The van der Waals surface area contributed by atoms with E-state index < -0.39 is 0 Å². The fourth-order valence-electron chi connectivity index (χ4n) is 2.09. The maximum Gasteiger partial charge on any atom is 0.146 e. The average Bonchev–Trinajstić information content (AvgIpc) is 3.07. The van der Waals surface area contributed by atoms with Crippen LogP contribution in [0.5, 0.6) is 5.75 Å². The molecule has 0 unspecified atom stereocenters. The van der Waals surface area contributed by atoms with Crippen molar-refractivity contribution < 1.29 is 4.74 Å². The molecule has 0 N–H and O–H groups in total.